The summed E-state index contributed by atoms with van der Waals surface area (Å²) in [6.07, 6.45) is 8.91. The van der Waals surface area contributed by atoms with Gasteiger partial charge < -0.3 is 10.0 Å². The van der Waals surface area contributed by atoms with Gasteiger partial charge in [-0.15, -0.1) is 6.42 Å². The predicted molar refractivity (Wildman–Crippen MR) is 60.3 cm³/mol. The van der Waals surface area contributed by atoms with Crippen molar-refractivity contribution in [1.82, 2.24) is 9.97 Å². The van der Waals surface area contributed by atoms with Crippen molar-refractivity contribution in [1.29, 1.82) is 0 Å². The average Bonchev–Trinajstić information content (AvgIpc) is 2.29. The molecule has 1 aromatic rings. The maximum atomic E-state index is 11.0. The lowest BCUT2D eigenvalue weighted by Gasteiger charge is -2.21. The Hall–Kier alpha value is -2.09. The molecule has 1 aromatic heterocycles. The van der Waals surface area contributed by atoms with E-state index >= 15 is 0 Å². The summed E-state index contributed by atoms with van der Waals surface area (Å²) in [7, 11) is 0. The molecule has 0 fully saturated rings. The number of hydrogen-bond donors (Lipinski definition) is 1. The standard InChI is InChI=1S/C11H13N3O2/c1-3-7-14(8-4-2)10-9(11(15)16)12-5-6-13-10/h1,5-6H,4,7-8H2,2H3,(H,15,16). The summed E-state index contributed by atoms with van der Waals surface area (Å²) in [5.74, 6) is 1.71. The van der Waals surface area contributed by atoms with E-state index in [0.717, 1.165) is 6.42 Å². The van der Waals surface area contributed by atoms with Gasteiger partial charge in [0, 0.05) is 18.9 Å². The maximum Gasteiger partial charge on any atom is 0.358 e. The lowest BCUT2D eigenvalue weighted by Crippen LogP contribution is -2.27. The van der Waals surface area contributed by atoms with Crippen LogP contribution in [0.1, 0.15) is 23.8 Å². The summed E-state index contributed by atoms with van der Waals surface area (Å²) >= 11 is 0. The molecular weight excluding hydrogens is 206 g/mol. The fourth-order valence-corrected chi connectivity index (χ4v) is 1.35. The zero-order valence-corrected chi connectivity index (χ0v) is 9.05. The van der Waals surface area contributed by atoms with Crippen molar-refractivity contribution < 1.29 is 9.90 Å². The molecule has 0 aliphatic carbocycles. The van der Waals surface area contributed by atoms with Crippen molar-refractivity contribution in [3.05, 3.63) is 18.1 Å². The first-order valence-corrected chi connectivity index (χ1v) is 4.93. The highest BCUT2D eigenvalue weighted by molar-refractivity contribution is 5.90. The van der Waals surface area contributed by atoms with Crippen molar-refractivity contribution in [3.63, 3.8) is 0 Å². The lowest BCUT2D eigenvalue weighted by atomic mass is 10.3. The average molecular weight is 219 g/mol. The molecule has 0 saturated carbocycles. The largest absolute Gasteiger partial charge is 0.476 e. The van der Waals surface area contributed by atoms with Crippen LogP contribution in [0.2, 0.25) is 0 Å². The van der Waals surface area contributed by atoms with Gasteiger partial charge in [-0.2, -0.15) is 0 Å². The molecule has 0 radical (unpaired) electrons. The summed E-state index contributed by atoms with van der Waals surface area (Å²) in [6, 6.07) is 0. The number of aromatic nitrogens is 2. The van der Waals surface area contributed by atoms with Crippen molar-refractivity contribution in [2.45, 2.75) is 13.3 Å². The van der Waals surface area contributed by atoms with Crippen molar-refractivity contribution in [2.24, 2.45) is 0 Å². The first-order valence-electron chi connectivity index (χ1n) is 4.93. The van der Waals surface area contributed by atoms with Gasteiger partial charge in [0.1, 0.15) is 0 Å². The van der Waals surface area contributed by atoms with Crippen LogP contribution in [0.15, 0.2) is 12.4 Å². The maximum absolute atomic E-state index is 11.0. The van der Waals surface area contributed by atoms with E-state index in [-0.39, 0.29) is 5.69 Å². The van der Waals surface area contributed by atoms with Gasteiger partial charge in [-0.3, -0.25) is 0 Å². The molecule has 1 N–H and O–H groups in total. The second kappa shape index (κ2) is 5.71. The molecule has 1 heterocycles. The van der Waals surface area contributed by atoms with Gasteiger partial charge >= 0.3 is 5.97 Å². The van der Waals surface area contributed by atoms with Gasteiger partial charge in [-0.25, -0.2) is 14.8 Å². The monoisotopic (exact) mass is 219 g/mol. The number of aromatic carboxylic acids is 1. The van der Waals surface area contributed by atoms with Gasteiger partial charge in [0.2, 0.25) is 0 Å². The molecule has 0 amide bonds. The van der Waals surface area contributed by atoms with Crippen LogP contribution >= 0.6 is 0 Å². The van der Waals surface area contributed by atoms with Crippen LogP contribution in [0, 0.1) is 12.3 Å². The summed E-state index contributed by atoms with van der Waals surface area (Å²) < 4.78 is 0. The minimum Gasteiger partial charge on any atom is -0.476 e. The van der Waals surface area contributed by atoms with Crippen molar-refractivity contribution in [3.8, 4) is 12.3 Å². The van der Waals surface area contributed by atoms with E-state index in [2.05, 4.69) is 15.9 Å². The van der Waals surface area contributed by atoms with Crippen LogP contribution in [-0.4, -0.2) is 34.1 Å². The number of carboxylic acids is 1. The summed E-state index contributed by atoms with van der Waals surface area (Å²) in [5.41, 5.74) is -0.0637. The van der Waals surface area contributed by atoms with Crippen molar-refractivity contribution >= 4 is 11.8 Å². The van der Waals surface area contributed by atoms with Crippen molar-refractivity contribution in [2.75, 3.05) is 18.0 Å². The third-order valence-electron chi connectivity index (χ3n) is 1.96. The van der Waals surface area contributed by atoms with Crippen LogP contribution in [0.3, 0.4) is 0 Å². The fourth-order valence-electron chi connectivity index (χ4n) is 1.35. The molecular formula is C11H13N3O2. The molecule has 5 heteroatoms. The predicted octanol–water partition coefficient (Wildman–Crippen LogP) is 1.02. The first-order chi connectivity index (χ1) is 7.70. The van der Waals surface area contributed by atoms with E-state index in [1.807, 2.05) is 6.92 Å². The Bertz CT molecular complexity index is 412. The normalized spacial score (nSPS) is 9.50. The Morgan fingerprint density at radius 1 is 1.56 bits per heavy atom. The number of rotatable bonds is 5. The Labute approximate surface area is 94.1 Å². The minimum absolute atomic E-state index is 0.0637. The van der Waals surface area contributed by atoms with E-state index in [0.29, 0.717) is 18.9 Å². The molecule has 84 valence electrons. The quantitative estimate of drug-likeness (QED) is 0.749. The number of anilines is 1. The highest BCUT2D eigenvalue weighted by atomic mass is 16.4. The number of carboxylic acid groups (broad SMARTS) is 1. The highest BCUT2D eigenvalue weighted by Gasteiger charge is 2.17. The van der Waals surface area contributed by atoms with Crippen LogP contribution < -0.4 is 4.90 Å². The molecule has 0 atom stereocenters. The third kappa shape index (κ3) is 2.70. The SMILES string of the molecule is C#CCN(CCC)c1nccnc1C(=O)O. The van der Waals surface area contributed by atoms with Gasteiger partial charge in [-0.05, 0) is 6.42 Å². The van der Waals surface area contributed by atoms with Crippen LogP contribution in [-0.2, 0) is 0 Å². The molecule has 0 unspecified atom stereocenters. The number of carbonyl (C=O) groups is 1. The Kier molecular flexibility index (Phi) is 4.28. The number of hydrogen-bond acceptors (Lipinski definition) is 4. The van der Waals surface area contributed by atoms with E-state index < -0.39 is 5.97 Å². The minimum atomic E-state index is -1.10. The van der Waals surface area contributed by atoms with Crippen LogP contribution in [0.4, 0.5) is 5.82 Å². The molecule has 16 heavy (non-hydrogen) atoms. The number of terminal acetylenes is 1. The summed E-state index contributed by atoms with van der Waals surface area (Å²) in [4.78, 5) is 20.5. The Morgan fingerprint density at radius 3 is 2.81 bits per heavy atom. The van der Waals surface area contributed by atoms with Gasteiger partial charge in [0.15, 0.2) is 11.5 Å². The zero-order valence-electron chi connectivity index (χ0n) is 9.05. The molecule has 0 aromatic carbocycles. The number of nitrogens with zero attached hydrogens (tertiary/aromatic N) is 3. The lowest BCUT2D eigenvalue weighted by molar-refractivity contribution is 0.0690. The van der Waals surface area contributed by atoms with E-state index in [4.69, 9.17) is 11.5 Å². The van der Waals surface area contributed by atoms with E-state index in [9.17, 15) is 4.79 Å². The highest BCUT2D eigenvalue weighted by Crippen LogP contribution is 2.14. The third-order valence-corrected chi connectivity index (χ3v) is 1.96. The Balaban J connectivity index is 3.08. The molecule has 5 nitrogen and oxygen atoms in total. The van der Waals surface area contributed by atoms with Gasteiger partial charge in [0.25, 0.3) is 0 Å². The van der Waals surface area contributed by atoms with Gasteiger partial charge in [-0.1, -0.05) is 12.8 Å². The molecule has 0 aliphatic heterocycles. The van der Waals surface area contributed by atoms with Gasteiger partial charge in [0.05, 0.1) is 6.54 Å². The summed E-state index contributed by atoms with van der Waals surface area (Å²) in [5, 5.41) is 8.97. The van der Waals surface area contributed by atoms with Crippen LogP contribution in [0.5, 0.6) is 0 Å². The van der Waals surface area contributed by atoms with E-state index in [1.54, 1.807) is 4.90 Å². The van der Waals surface area contributed by atoms with E-state index in [1.165, 1.54) is 12.4 Å². The second-order valence-corrected chi connectivity index (χ2v) is 3.16. The molecule has 0 aliphatic rings. The summed E-state index contributed by atoms with van der Waals surface area (Å²) in [6.45, 7) is 2.97. The smallest absolute Gasteiger partial charge is 0.358 e. The zero-order chi connectivity index (χ0) is 12.0. The molecule has 0 bridgehead atoms. The first kappa shape index (κ1) is 12.0. The molecule has 0 spiro atoms. The molecule has 1 rings (SSSR count). The van der Waals surface area contributed by atoms with Crippen LogP contribution in [0.25, 0.3) is 0 Å². The molecule has 0 saturated heterocycles. The fraction of sp³-hybridized carbons (Fsp3) is 0.364. The topological polar surface area (TPSA) is 66.3 Å². The Morgan fingerprint density at radius 2 is 2.25 bits per heavy atom. The second-order valence-electron chi connectivity index (χ2n) is 3.16.